The van der Waals surface area contributed by atoms with Crippen molar-refractivity contribution in [2.75, 3.05) is 0 Å². The minimum atomic E-state index is -0.997. The van der Waals surface area contributed by atoms with E-state index < -0.39 is 34.6 Å². The number of hydrogen-bond acceptors (Lipinski definition) is 6. The summed E-state index contributed by atoms with van der Waals surface area (Å²) in [5.74, 6) is -1.75. The van der Waals surface area contributed by atoms with Crippen molar-refractivity contribution in [2.45, 2.75) is 32.9 Å². The highest BCUT2D eigenvalue weighted by Crippen LogP contribution is 2.25. The number of nitro groups is 1. The summed E-state index contributed by atoms with van der Waals surface area (Å²) in [5.41, 5.74) is -0.427. The van der Waals surface area contributed by atoms with Gasteiger partial charge in [0.2, 0.25) is 0 Å². The number of rotatable bonds is 6. The Kier molecular flexibility index (Phi) is 6.68. The normalized spacial score (nSPS) is 12.8. The SMILES string of the molecule is CC(C)[C@H](NC(=O)c1ccc(Cl)c([N+](=O)[O-])c1)C(=O)O[C@H](C)C#N. The third kappa shape index (κ3) is 4.93. The zero-order valence-corrected chi connectivity index (χ0v) is 14.0. The number of hydrogen-bond donors (Lipinski definition) is 1. The summed E-state index contributed by atoms with van der Waals surface area (Å²) >= 11 is 5.70. The maximum Gasteiger partial charge on any atom is 0.330 e. The van der Waals surface area contributed by atoms with Crippen molar-refractivity contribution in [1.29, 1.82) is 5.26 Å². The van der Waals surface area contributed by atoms with Crippen molar-refractivity contribution in [3.63, 3.8) is 0 Å². The standard InChI is InChI=1S/C15H16ClN3O5/c1-8(2)13(15(21)24-9(3)7-17)18-14(20)10-4-5-11(16)12(6-10)19(22)23/h4-6,8-9,13H,1-3H3,(H,18,20)/t9-,13+/m1/s1. The number of esters is 1. The monoisotopic (exact) mass is 353 g/mol. The molecule has 128 valence electrons. The van der Waals surface area contributed by atoms with Crippen LogP contribution in [-0.4, -0.2) is 28.9 Å². The Morgan fingerprint density at radius 3 is 2.50 bits per heavy atom. The molecule has 0 bridgehead atoms. The number of ether oxygens (including phenoxy) is 1. The van der Waals surface area contributed by atoms with Gasteiger partial charge in [0.15, 0.2) is 6.10 Å². The molecule has 0 aromatic heterocycles. The Morgan fingerprint density at radius 2 is 2.00 bits per heavy atom. The van der Waals surface area contributed by atoms with E-state index in [0.717, 1.165) is 6.07 Å². The molecule has 0 radical (unpaired) electrons. The Bertz CT molecular complexity index is 699. The van der Waals surface area contributed by atoms with Crippen LogP contribution in [0.3, 0.4) is 0 Å². The predicted molar refractivity (Wildman–Crippen MR) is 85.4 cm³/mol. The lowest BCUT2D eigenvalue weighted by Crippen LogP contribution is -2.46. The number of nitrogens with zero attached hydrogens (tertiary/aromatic N) is 2. The van der Waals surface area contributed by atoms with Crippen molar-refractivity contribution in [3.8, 4) is 6.07 Å². The highest BCUT2D eigenvalue weighted by molar-refractivity contribution is 6.32. The van der Waals surface area contributed by atoms with Gasteiger partial charge in [-0.25, -0.2) is 4.79 Å². The Labute approximate surface area is 143 Å². The van der Waals surface area contributed by atoms with Crippen molar-refractivity contribution in [2.24, 2.45) is 5.92 Å². The van der Waals surface area contributed by atoms with Crippen LogP contribution in [0.25, 0.3) is 0 Å². The lowest BCUT2D eigenvalue weighted by molar-refractivity contribution is -0.384. The minimum Gasteiger partial charge on any atom is -0.446 e. The summed E-state index contributed by atoms with van der Waals surface area (Å²) < 4.78 is 4.90. The first-order valence-electron chi connectivity index (χ1n) is 7.02. The van der Waals surface area contributed by atoms with Crippen LogP contribution in [-0.2, 0) is 9.53 Å². The number of nitro benzene ring substituents is 1. The van der Waals surface area contributed by atoms with E-state index in [4.69, 9.17) is 21.6 Å². The minimum absolute atomic E-state index is 0.0159. The smallest absolute Gasteiger partial charge is 0.330 e. The number of benzene rings is 1. The van der Waals surface area contributed by atoms with Crippen molar-refractivity contribution >= 4 is 29.2 Å². The molecule has 8 nitrogen and oxygen atoms in total. The molecule has 1 aromatic carbocycles. The maximum atomic E-state index is 12.3. The van der Waals surface area contributed by atoms with Crippen LogP contribution < -0.4 is 5.32 Å². The summed E-state index contributed by atoms with van der Waals surface area (Å²) in [4.78, 5) is 34.5. The number of carbonyl (C=O) groups excluding carboxylic acids is 2. The van der Waals surface area contributed by atoms with E-state index >= 15 is 0 Å². The fraction of sp³-hybridized carbons (Fsp3) is 0.400. The Balaban J connectivity index is 2.98. The fourth-order valence-corrected chi connectivity index (χ4v) is 1.98. The highest BCUT2D eigenvalue weighted by atomic mass is 35.5. The summed E-state index contributed by atoms with van der Waals surface area (Å²) in [6.45, 7) is 4.78. The topological polar surface area (TPSA) is 122 Å². The molecular formula is C15H16ClN3O5. The average molecular weight is 354 g/mol. The molecule has 0 heterocycles. The van der Waals surface area contributed by atoms with E-state index in [2.05, 4.69) is 5.32 Å². The summed E-state index contributed by atoms with van der Waals surface area (Å²) in [6, 6.07) is 4.33. The molecule has 0 unspecified atom stereocenters. The van der Waals surface area contributed by atoms with Crippen LogP contribution in [0.2, 0.25) is 5.02 Å². The molecule has 1 aromatic rings. The van der Waals surface area contributed by atoms with Crippen LogP contribution in [0, 0.1) is 27.4 Å². The first-order chi connectivity index (χ1) is 11.2. The molecule has 0 aliphatic carbocycles. The zero-order chi connectivity index (χ0) is 18.4. The van der Waals surface area contributed by atoms with Gasteiger partial charge in [-0.3, -0.25) is 14.9 Å². The van der Waals surface area contributed by atoms with Crippen molar-refractivity contribution in [1.82, 2.24) is 5.32 Å². The third-order valence-corrected chi connectivity index (χ3v) is 3.41. The van der Waals surface area contributed by atoms with Gasteiger partial charge in [-0.05, 0) is 25.0 Å². The largest absolute Gasteiger partial charge is 0.446 e. The molecular weight excluding hydrogens is 338 g/mol. The zero-order valence-electron chi connectivity index (χ0n) is 13.3. The molecule has 0 saturated heterocycles. The molecule has 0 saturated carbocycles. The van der Waals surface area contributed by atoms with E-state index in [-0.39, 0.29) is 16.5 Å². The van der Waals surface area contributed by atoms with E-state index in [1.54, 1.807) is 19.9 Å². The van der Waals surface area contributed by atoms with Gasteiger partial charge >= 0.3 is 5.97 Å². The van der Waals surface area contributed by atoms with Gasteiger partial charge < -0.3 is 10.1 Å². The van der Waals surface area contributed by atoms with Crippen LogP contribution in [0.1, 0.15) is 31.1 Å². The van der Waals surface area contributed by atoms with Crippen molar-refractivity contribution < 1.29 is 19.2 Å². The molecule has 0 aliphatic rings. The van der Waals surface area contributed by atoms with Gasteiger partial charge in [0.25, 0.3) is 11.6 Å². The van der Waals surface area contributed by atoms with Crippen LogP contribution >= 0.6 is 11.6 Å². The lowest BCUT2D eigenvalue weighted by atomic mass is 10.0. The number of nitriles is 1. The molecule has 0 fully saturated rings. The predicted octanol–water partition coefficient (Wildman–Crippen LogP) is 2.46. The van der Waals surface area contributed by atoms with Gasteiger partial charge in [0.05, 0.1) is 4.92 Å². The summed E-state index contributed by atoms with van der Waals surface area (Å²) in [5, 5.41) is 21.9. The molecule has 9 heteroatoms. The van der Waals surface area contributed by atoms with Gasteiger partial charge in [0, 0.05) is 11.6 Å². The maximum absolute atomic E-state index is 12.3. The summed E-state index contributed by atoms with van der Waals surface area (Å²) in [7, 11) is 0. The number of carbonyl (C=O) groups is 2. The second-order valence-electron chi connectivity index (χ2n) is 5.33. The quantitative estimate of drug-likeness (QED) is 0.476. The first-order valence-corrected chi connectivity index (χ1v) is 7.40. The van der Waals surface area contributed by atoms with Gasteiger partial charge in [-0.2, -0.15) is 5.26 Å². The molecule has 24 heavy (non-hydrogen) atoms. The Morgan fingerprint density at radius 1 is 1.38 bits per heavy atom. The van der Waals surface area contributed by atoms with Crippen LogP contribution in [0.15, 0.2) is 18.2 Å². The van der Waals surface area contributed by atoms with E-state index in [1.807, 2.05) is 0 Å². The number of nitrogens with one attached hydrogen (secondary N) is 1. The Hall–Kier alpha value is -2.66. The average Bonchev–Trinajstić information content (AvgIpc) is 2.51. The van der Waals surface area contributed by atoms with Crippen molar-refractivity contribution in [3.05, 3.63) is 38.9 Å². The molecule has 0 aliphatic heterocycles. The fourth-order valence-electron chi connectivity index (χ4n) is 1.79. The summed E-state index contributed by atoms with van der Waals surface area (Å²) in [6.07, 6.45) is -0.952. The molecule has 1 amide bonds. The van der Waals surface area contributed by atoms with Crippen LogP contribution in [0.4, 0.5) is 5.69 Å². The second-order valence-corrected chi connectivity index (χ2v) is 5.73. The van der Waals surface area contributed by atoms with Crippen LogP contribution in [0.5, 0.6) is 0 Å². The lowest BCUT2D eigenvalue weighted by Gasteiger charge is -2.21. The first kappa shape index (κ1) is 19.4. The van der Waals surface area contributed by atoms with E-state index in [1.165, 1.54) is 19.1 Å². The third-order valence-electron chi connectivity index (χ3n) is 3.09. The molecule has 0 spiro atoms. The molecule has 1 N–H and O–H groups in total. The van der Waals surface area contributed by atoms with E-state index in [0.29, 0.717) is 0 Å². The molecule has 2 atom stereocenters. The highest BCUT2D eigenvalue weighted by Gasteiger charge is 2.28. The van der Waals surface area contributed by atoms with Gasteiger partial charge in [0.1, 0.15) is 17.1 Å². The van der Waals surface area contributed by atoms with E-state index in [9.17, 15) is 19.7 Å². The van der Waals surface area contributed by atoms with Gasteiger partial charge in [-0.15, -0.1) is 0 Å². The molecule has 1 rings (SSSR count). The number of amides is 1. The number of halogens is 1. The second kappa shape index (κ2) is 8.26. The van der Waals surface area contributed by atoms with Gasteiger partial charge in [-0.1, -0.05) is 25.4 Å².